The first-order chi connectivity index (χ1) is 9.58. The maximum atomic E-state index is 11.0. The van der Waals surface area contributed by atoms with Crippen molar-refractivity contribution < 1.29 is 14.3 Å². The fourth-order valence-corrected chi connectivity index (χ4v) is 1.73. The van der Waals surface area contributed by atoms with E-state index in [1.807, 2.05) is 6.92 Å². The Bertz CT molecular complexity index is 609. The Kier molecular flexibility index (Phi) is 4.10. The van der Waals surface area contributed by atoms with Crippen molar-refractivity contribution in [2.75, 3.05) is 12.3 Å². The van der Waals surface area contributed by atoms with Crippen LogP contribution in [0.15, 0.2) is 42.5 Å². The number of hydrogen-bond acceptors (Lipinski definition) is 4. The lowest BCUT2D eigenvalue weighted by atomic mass is 10.2. The highest BCUT2D eigenvalue weighted by Gasteiger charge is 2.04. The monoisotopic (exact) mass is 272 g/mol. The molecular weight excluding hydrogens is 256 g/mol. The number of ether oxygens (including phenoxy) is 2. The van der Waals surface area contributed by atoms with Crippen LogP contribution in [0.2, 0.25) is 0 Å². The zero-order chi connectivity index (χ0) is 14.5. The average molecular weight is 272 g/mol. The van der Waals surface area contributed by atoms with E-state index in [0.29, 0.717) is 35.1 Å². The molecule has 104 valence electrons. The first-order valence-electron chi connectivity index (χ1n) is 6.19. The zero-order valence-electron chi connectivity index (χ0n) is 11.1. The molecule has 0 aliphatic carbocycles. The van der Waals surface area contributed by atoms with Crippen molar-refractivity contribution in [3.63, 3.8) is 0 Å². The van der Waals surface area contributed by atoms with Gasteiger partial charge in [0.15, 0.2) is 0 Å². The molecule has 5 nitrogen and oxygen atoms in total. The first-order valence-corrected chi connectivity index (χ1v) is 6.19. The van der Waals surface area contributed by atoms with E-state index >= 15 is 0 Å². The highest BCUT2D eigenvalue weighted by molar-refractivity contribution is 5.92. The van der Waals surface area contributed by atoms with E-state index in [4.69, 9.17) is 20.9 Å². The fourth-order valence-electron chi connectivity index (χ4n) is 1.73. The van der Waals surface area contributed by atoms with Crippen LogP contribution in [0.3, 0.4) is 0 Å². The molecule has 4 N–H and O–H groups in total. The minimum absolute atomic E-state index is 0.430. The summed E-state index contributed by atoms with van der Waals surface area (Å²) in [5.41, 5.74) is 11.9. The number of carbonyl (C=O) groups excluding carboxylic acids is 1. The number of rotatable bonds is 5. The molecule has 0 atom stereocenters. The molecule has 0 aliphatic rings. The third kappa shape index (κ3) is 3.41. The van der Waals surface area contributed by atoms with Gasteiger partial charge in [0, 0.05) is 29.4 Å². The second-order valence-corrected chi connectivity index (χ2v) is 4.16. The normalized spacial score (nSPS) is 10.1. The van der Waals surface area contributed by atoms with Crippen molar-refractivity contribution in [1.82, 2.24) is 0 Å². The van der Waals surface area contributed by atoms with E-state index in [2.05, 4.69) is 0 Å². The summed E-state index contributed by atoms with van der Waals surface area (Å²) in [6.45, 7) is 2.45. The molecular formula is C15H16N2O3. The van der Waals surface area contributed by atoms with Crippen LogP contribution in [-0.4, -0.2) is 12.5 Å². The number of carbonyl (C=O) groups is 1. The summed E-state index contributed by atoms with van der Waals surface area (Å²) in [7, 11) is 0. The Morgan fingerprint density at radius 1 is 1.05 bits per heavy atom. The minimum atomic E-state index is -0.473. The Morgan fingerprint density at radius 2 is 1.70 bits per heavy atom. The van der Waals surface area contributed by atoms with E-state index in [-0.39, 0.29) is 0 Å². The molecule has 2 aromatic carbocycles. The molecule has 0 aromatic heterocycles. The number of benzene rings is 2. The standard InChI is InChI=1S/C15H16N2O3/c1-2-19-13-7-11(16)8-14(9-13)20-12-5-3-10(4-6-12)15(17)18/h3-9H,2,16H2,1H3,(H2,17,18). The van der Waals surface area contributed by atoms with E-state index in [0.717, 1.165) is 0 Å². The van der Waals surface area contributed by atoms with Crippen LogP contribution < -0.4 is 20.9 Å². The van der Waals surface area contributed by atoms with Crippen molar-refractivity contribution in [3.8, 4) is 17.2 Å². The molecule has 0 heterocycles. The van der Waals surface area contributed by atoms with E-state index in [1.165, 1.54) is 0 Å². The molecule has 0 aliphatic heterocycles. The van der Waals surface area contributed by atoms with Gasteiger partial charge in [0.2, 0.25) is 5.91 Å². The van der Waals surface area contributed by atoms with Gasteiger partial charge in [0.05, 0.1) is 6.61 Å². The molecule has 1 amide bonds. The Morgan fingerprint density at radius 3 is 2.30 bits per heavy atom. The van der Waals surface area contributed by atoms with Crippen LogP contribution in [0.5, 0.6) is 17.2 Å². The van der Waals surface area contributed by atoms with Gasteiger partial charge in [-0.25, -0.2) is 0 Å². The summed E-state index contributed by atoms with van der Waals surface area (Å²) in [5, 5.41) is 0. The predicted molar refractivity (Wildman–Crippen MR) is 77.1 cm³/mol. The van der Waals surface area contributed by atoms with Gasteiger partial charge in [0.25, 0.3) is 0 Å². The van der Waals surface area contributed by atoms with E-state index in [9.17, 15) is 4.79 Å². The van der Waals surface area contributed by atoms with Gasteiger partial charge in [-0.3, -0.25) is 4.79 Å². The fraction of sp³-hybridized carbons (Fsp3) is 0.133. The topological polar surface area (TPSA) is 87.6 Å². The van der Waals surface area contributed by atoms with Gasteiger partial charge < -0.3 is 20.9 Å². The molecule has 0 fully saturated rings. The lowest BCUT2D eigenvalue weighted by Gasteiger charge is -2.10. The molecule has 0 saturated carbocycles. The van der Waals surface area contributed by atoms with Crippen LogP contribution in [0.4, 0.5) is 5.69 Å². The van der Waals surface area contributed by atoms with Gasteiger partial charge in [-0.05, 0) is 31.2 Å². The zero-order valence-corrected chi connectivity index (χ0v) is 11.1. The van der Waals surface area contributed by atoms with Crippen LogP contribution in [0.25, 0.3) is 0 Å². The minimum Gasteiger partial charge on any atom is -0.494 e. The smallest absolute Gasteiger partial charge is 0.248 e. The van der Waals surface area contributed by atoms with Crippen molar-refractivity contribution in [2.24, 2.45) is 5.73 Å². The predicted octanol–water partition coefficient (Wildman–Crippen LogP) is 2.56. The van der Waals surface area contributed by atoms with Gasteiger partial charge in [0.1, 0.15) is 17.2 Å². The highest BCUT2D eigenvalue weighted by atomic mass is 16.5. The number of hydrogen-bond donors (Lipinski definition) is 2. The Labute approximate surface area is 117 Å². The maximum absolute atomic E-state index is 11.0. The number of nitrogens with two attached hydrogens (primary N) is 2. The SMILES string of the molecule is CCOc1cc(N)cc(Oc2ccc(C(N)=O)cc2)c1. The van der Waals surface area contributed by atoms with Crippen molar-refractivity contribution in [1.29, 1.82) is 0 Å². The molecule has 0 radical (unpaired) electrons. The number of primary amides is 1. The summed E-state index contributed by atoms with van der Waals surface area (Å²) in [6, 6.07) is 11.7. The summed E-state index contributed by atoms with van der Waals surface area (Å²) in [5.74, 6) is 1.33. The Balaban J connectivity index is 2.18. The summed E-state index contributed by atoms with van der Waals surface area (Å²) < 4.78 is 11.1. The lowest BCUT2D eigenvalue weighted by molar-refractivity contribution is 0.100. The van der Waals surface area contributed by atoms with Crippen LogP contribution in [0.1, 0.15) is 17.3 Å². The highest BCUT2D eigenvalue weighted by Crippen LogP contribution is 2.28. The lowest BCUT2D eigenvalue weighted by Crippen LogP contribution is -2.10. The molecule has 0 spiro atoms. The molecule has 20 heavy (non-hydrogen) atoms. The average Bonchev–Trinajstić information content (AvgIpc) is 2.39. The number of nitrogen functional groups attached to an aromatic ring is 1. The van der Waals surface area contributed by atoms with Gasteiger partial charge in [-0.1, -0.05) is 0 Å². The summed E-state index contributed by atoms with van der Waals surface area (Å²) >= 11 is 0. The van der Waals surface area contributed by atoms with Crippen molar-refractivity contribution in [3.05, 3.63) is 48.0 Å². The number of amides is 1. The number of anilines is 1. The second-order valence-electron chi connectivity index (χ2n) is 4.16. The third-order valence-corrected chi connectivity index (χ3v) is 2.59. The third-order valence-electron chi connectivity index (χ3n) is 2.59. The second kappa shape index (κ2) is 5.97. The van der Waals surface area contributed by atoms with Crippen molar-refractivity contribution in [2.45, 2.75) is 6.92 Å². The van der Waals surface area contributed by atoms with Gasteiger partial charge in [-0.2, -0.15) is 0 Å². The molecule has 2 aromatic rings. The molecule has 5 heteroatoms. The molecule has 2 rings (SSSR count). The summed E-state index contributed by atoms with van der Waals surface area (Å²) in [6.07, 6.45) is 0. The maximum Gasteiger partial charge on any atom is 0.248 e. The van der Waals surface area contributed by atoms with E-state index in [1.54, 1.807) is 42.5 Å². The largest absolute Gasteiger partial charge is 0.494 e. The van der Waals surface area contributed by atoms with Crippen molar-refractivity contribution >= 4 is 11.6 Å². The molecule has 0 unspecified atom stereocenters. The van der Waals surface area contributed by atoms with Gasteiger partial charge >= 0.3 is 0 Å². The Hall–Kier alpha value is -2.69. The van der Waals surface area contributed by atoms with E-state index < -0.39 is 5.91 Å². The van der Waals surface area contributed by atoms with Crippen LogP contribution in [0, 0.1) is 0 Å². The van der Waals surface area contributed by atoms with Gasteiger partial charge in [-0.15, -0.1) is 0 Å². The summed E-state index contributed by atoms with van der Waals surface area (Å²) in [4.78, 5) is 11.0. The van der Waals surface area contributed by atoms with Crippen LogP contribution >= 0.6 is 0 Å². The quantitative estimate of drug-likeness (QED) is 0.819. The molecule has 0 bridgehead atoms. The first kappa shape index (κ1) is 13.7. The molecule has 0 saturated heterocycles. The van der Waals surface area contributed by atoms with Crippen LogP contribution in [-0.2, 0) is 0 Å².